The summed E-state index contributed by atoms with van der Waals surface area (Å²) >= 11 is 0. The van der Waals surface area contributed by atoms with Crippen LogP contribution in [0.5, 0.6) is 0 Å². The van der Waals surface area contributed by atoms with Gasteiger partial charge in [-0.1, -0.05) is 43.7 Å². The van der Waals surface area contributed by atoms with Crippen molar-refractivity contribution in [1.82, 2.24) is 0 Å². The van der Waals surface area contributed by atoms with Gasteiger partial charge in [-0.2, -0.15) is 0 Å². The van der Waals surface area contributed by atoms with Gasteiger partial charge in [0.1, 0.15) is 0 Å². The van der Waals surface area contributed by atoms with Crippen molar-refractivity contribution in [3.8, 4) is 0 Å². The first kappa shape index (κ1) is 15.8. The fraction of sp³-hybridized carbons (Fsp3) is 0.462. The zero-order chi connectivity index (χ0) is 14.3. The van der Waals surface area contributed by atoms with E-state index >= 15 is 0 Å². The molecule has 5 nitrogen and oxygen atoms in total. The summed E-state index contributed by atoms with van der Waals surface area (Å²) in [5.74, 6) is -0.548. The summed E-state index contributed by atoms with van der Waals surface area (Å²) < 4.78 is 16.7. The topological polar surface area (TPSA) is 70.8 Å². The predicted molar refractivity (Wildman–Crippen MR) is 74.3 cm³/mol. The van der Waals surface area contributed by atoms with Crippen LogP contribution in [0, 0.1) is 0 Å². The SMILES string of the molecule is CCC[Si](OC)(OC)OC(C(N)=O)c1ccccc1. The Morgan fingerprint density at radius 1 is 1.26 bits per heavy atom. The van der Waals surface area contributed by atoms with Crippen LogP contribution in [-0.2, 0) is 18.1 Å². The van der Waals surface area contributed by atoms with Crippen molar-refractivity contribution >= 4 is 14.7 Å². The van der Waals surface area contributed by atoms with Crippen LogP contribution < -0.4 is 5.73 Å². The number of nitrogens with two attached hydrogens (primary N) is 1. The molecule has 0 spiro atoms. The van der Waals surface area contributed by atoms with Crippen molar-refractivity contribution in [3.05, 3.63) is 35.9 Å². The summed E-state index contributed by atoms with van der Waals surface area (Å²) in [5, 5.41) is 0. The molecule has 0 saturated carbocycles. The summed E-state index contributed by atoms with van der Waals surface area (Å²) in [6.07, 6.45) is -0.00641. The van der Waals surface area contributed by atoms with E-state index in [0.29, 0.717) is 11.6 Å². The Labute approximate surface area is 115 Å². The van der Waals surface area contributed by atoms with Crippen LogP contribution in [0.25, 0.3) is 0 Å². The van der Waals surface area contributed by atoms with Crippen molar-refractivity contribution in [2.45, 2.75) is 25.5 Å². The molecule has 2 N–H and O–H groups in total. The van der Waals surface area contributed by atoms with Crippen molar-refractivity contribution in [3.63, 3.8) is 0 Å². The summed E-state index contributed by atoms with van der Waals surface area (Å²) in [5.41, 5.74) is 6.13. The molecule has 106 valence electrons. The second kappa shape index (κ2) is 7.39. The number of amides is 1. The average Bonchev–Trinajstić information content (AvgIpc) is 2.44. The Hall–Kier alpha value is -1.21. The van der Waals surface area contributed by atoms with Crippen molar-refractivity contribution < 1.29 is 18.1 Å². The summed E-state index contributed by atoms with van der Waals surface area (Å²) in [6, 6.07) is 9.76. The second-order valence-electron chi connectivity index (χ2n) is 4.15. The van der Waals surface area contributed by atoms with E-state index in [9.17, 15) is 4.79 Å². The lowest BCUT2D eigenvalue weighted by Crippen LogP contribution is -2.46. The molecule has 0 aliphatic carbocycles. The molecule has 0 bridgehead atoms. The molecular weight excluding hydrogens is 262 g/mol. The number of carbonyl (C=O) groups excluding carboxylic acids is 1. The van der Waals surface area contributed by atoms with E-state index in [0.717, 1.165) is 6.42 Å². The van der Waals surface area contributed by atoms with E-state index < -0.39 is 20.8 Å². The highest BCUT2D eigenvalue weighted by Crippen LogP contribution is 2.26. The summed E-state index contributed by atoms with van der Waals surface area (Å²) in [4.78, 5) is 11.6. The molecule has 0 fully saturated rings. The van der Waals surface area contributed by atoms with Gasteiger partial charge in [-0.05, 0) is 5.56 Å². The zero-order valence-electron chi connectivity index (χ0n) is 11.6. The second-order valence-corrected chi connectivity index (χ2v) is 7.07. The molecule has 0 heterocycles. The van der Waals surface area contributed by atoms with Crippen molar-refractivity contribution in [2.24, 2.45) is 5.73 Å². The minimum Gasteiger partial charge on any atom is -0.377 e. The third kappa shape index (κ3) is 4.14. The van der Waals surface area contributed by atoms with Gasteiger partial charge in [0.2, 0.25) is 5.91 Å². The van der Waals surface area contributed by atoms with Gasteiger partial charge in [-0.15, -0.1) is 0 Å². The largest absolute Gasteiger partial charge is 0.501 e. The highest BCUT2D eigenvalue weighted by molar-refractivity contribution is 6.60. The molecule has 1 aromatic carbocycles. The molecule has 1 amide bonds. The van der Waals surface area contributed by atoms with Gasteiger partial charge < -0.3 is 19.0 Å². The Morgan fingerprint density at radius 3 is 2.26 bits per heavy atom. The maximum absolute atomic E-state index is 11.6. The highest BCUT2D eigenvalue weighted by atomic mass is 28.4. The fourth-order valence-corrected chi connectivity index (χ4v) is 3.96. The van der Waals surface area contributed by atoms with E-state index in [-0.39, 0.29) is 0 Å². The summed E-state index contributed by atoms with van der Waals surface area (Å²) in [6.45, 7) is 2.00. The molecule has 1 atom stereocenters. The molecule has 1 aromatic rings. The lowest BCUT2D eigenvalue weighted by molar-refractivity contribution is -0.127. The van der Waals surface area contributed by atoms with Crippen LogP contribution in [0.3, 0.4) is 0 Å². The van der Waals surface area contributed by atoms with Crippen LogP contribution in [0.2, 0.25) is 6.04 Å². The van der Waals surface area contributed by atoms with Gasteiger partial charge in [0.15, 0.2) is 6.10 Å². The van der Waals surface area contributed by atoms with E-state index in [2.05, 4.69) is 0 Å². The van der Waals surface area contributed by atoms with Crippen LogP contribution in [0.15, 0.2) is 30.3 Å². The maximum atomic E-state index is 11.6. The summed E-state index contributed by atoms with van der Waals surface area (Å²) in [7, 11) is 0.219. The Morgan fingerprint density at radius 2 is 1.84 bits per heavy atom. The Bertz CT molecular complexity index is 395. The third-order valence-electron chi connectivity index (χ3n) is 2.84. The van der Waals surface area contributed by atoms with E-state index in [1.54, 1.807) is 12.1 Å². The van der Waals surface area contributed by atoms with Gasteiger partial charge in [-0.3, -0.25) is 4.79 Å². The van der Waals surface area contributed by atoms with Gasteiger partial charge >= 0.3 is 8.80 Å². The molecule has 1 rings (SSSR count). The maximum Gasteiger partial charge on any atom is 0.501 e. The van der Waals surface area contributed by atoms with Crippen LogP contribution in [0.1, 0.15) is 25.0 Å². The monoisotopic (exact) mass is 283 g/mol. The van der Waals surface area contributed by atoms with Crippen LogP contribution in [-0.4, -0.2) is 28.9 Å². The number of hydrogen-bond donors (Lipinski definition) is 1. The molecule has 0 saturated heterocycles. The lowest BCUT2D eigenvalue weighted by atomic mass is 10.1. The fourth-order valence-electron chi connectivity index (χ4n) is 1.85. The number of primary amides is 1. The first-order valence-electron chi connectivity index (χ1n) is 6.21. The third-order valence-corrected chi connectivity index (χ3v) is 5.79. The average molecular weight is 283 g/mol. The van der Waals surface area contributed by atoms with Gasteiger partial charge in [0.25, 0.3) is 0 Å². The molecule has 0 radical (unpaired) electrons. The standard InChI is InChI=1S/C13H21NO4Si/c1-4-10-19(16-2,17-3)18-12(13(14)15)11-8-6-5-7-9-11/h5-9,12H,4,10H2,1-3H3,(H2,14,15). The minimum atomic E-state index is -2.85. The normalized spacial score (nSPS) is 13.2. The van der Waals surface area contributed by atoms with Gasteiger partial charge in [0.05, 0.1) is 0 Å². The molecule has 6 heteroatoms. The van der Waals surface area contributed by atoms with E-state index in [1.807, 2.05) is 25.1 Å². The molecule has 0 aromatic heterocycles. The molecule has 1 unspecified atom stereocenters. The van der Waals surface area contributed by atoms with Crippen LogP contribution >= 0.6 is 0 Å². The molecule has 0 aliphatic rings. The Balaban J connectivity index is 2.98. The van der Waals surface area contributed by atoms with Gasteiger partial charge in [-0.25, -0.2) is 0 Å². The highest BCUT2D eigenvalue weighted by Gasteiger charge is 2.42. The van der Waals surface area contributed by atoms with E-state index in [1.165, 1.54) is 14.2 Å². The first-order chi connectivity index (χ1) is 9.08. The molecular formula is C13H21NO4Si. The Kier molecular flexibility index (Phi) is 6.17. The molecule has 0 aliphatic heterocycles. The van der Waals surface area contributed by atoms with Gasteiger partial charge in [0, 0.05) is 20.3 Å². The van der Waals surface area contributed by atoms with Crippen molar-refractivity contribution in [1.29, 1.82) is 0 Å². The number of benzene rings is 1. The number of hydrogen-bond acceptors (Lipinski definition) is 4. The van der Waals surface area contributed by atoms with E-state index in [4.69, 9.17) is 19.0 Å². The molecule has 19 heavy (non-hydrogen) atoms. The zero-order valence-corrected chi connectivity index (χ0v) is 12.6. The van der Waals surface area contributed by atoms with Crippen molar-refractivity contribution in [2.75, 3.05) is 14.2 Å². The van der Waals surface area contributed by atoms with Crippen LogP contribution in [0.4, 0.5) is 0 Å². The quantitative estimate of drug-likeness (QED) is 0.739. The number of rotatable bonds is 8. The number of carbonyl (C=O) groups is 1. The minimum absolute atomic E-state index is 0.548. The smallest absolute Gasteiger partial charge is 0.377 e. The predicted octanol–water partition coefficient (Wildman–Crippen LogP) is 1.87. The lowest BCUT2D eigenvalue weighted by Gasteiger charge is -2.29. The first-order valence-corrected chi connectivity index (χ1v) is 8.14.